The molecule has 0 aliphatic carbocycles. The van der Waals surface area contributed by atoms with Gasteiger partial charge in [-0.25, -0.2) is 0 Å². The molecule has 2 amide bonds. The molecular weight excluding hydrogens is 246 g/mol. The van der Waals surface area contributed by atoms with Crippen molar-refractivity contribution in [3.63, 3.8) is 0 Å². The summed E-state index contributed by atoms with van der Waals surface area (Å²) in [5.41, 5.74) is 1.16. The Morgan fingerprint density at radius 1 is 1.21 bits per heavy atom. The Morgan fingerprint density at radius 2 is 1.89 bits per heavy atom. The van der Waals surface area contributed by atoms with E-state index in [1.807, 2.05) is 30.3 Å². The molecule has 19 heavy (non-hydrogen) atoms. The lowest BCUT2D eigenvalue weighted by Crippen LogP contribution is -2.24. The third kappa shape index (κ3) is 3.07. The molecule has 98 valence electrons. The van der Waals surface area contributed by atoms with Gasteiger partial charge in [0.1, 0.15) is 0 Å². The Labute approximate surface area is 109 Å². The standard InChI is InChI=1S/C14H13NO4/c16-12-8-11(14(19)15-12)10(6-7-13(17)18)9-4-2-1-3-5-9/h1-5,8,10H,6-7H2,(H,17,18)(H,15,16,19). The molecule has 0 radical (unpaired) electrons. The fourth-order valence-corrected chi connectivity index (χ4v) is 2.14. The Kier molecular flexibility index (Phi) is 3.75. The van der Waals surface area contributed by atoms with Crippen LogP contribution < -0.4 is 5.32 Å². The number of benzene rings is 1. The second-order valence-corrected chi connectivity index (χ2v) is 4.31. The van der Waals surface area contributed by atoms with E-state index < -0.39 is 17.8 Å². The number of carbonyl (C=O) groups excluding carboxylic acids is 2. The highest BCUT2D eigenvalue weighted by molar-refractivity contribution is 6.17. The van der Waals surface area contributed by atoms with Crippen molar-refractivity contribution < 1.29 is 19.5 Å². The predicted octanol–water partition coefficient (Wildman–Crippen LogP) is 1.22. The summed E-state index contributed by atoms with van der Waals surface area (Å²) >= 11 is 0. The smallest absolute Gasteiger partial charge is 0.303 e. The Bertz CT molecular complexity index is 548. The molecule has 2 N–H and O–H groups in total. The number of hydrogen-bond acceptors (Lipinski definition) is 3. The SMILES string of the molecule is O=C(O)CCC(C1=CC(=O)NC1=O)c1ccccc1. The summed E-state index contributed by atoms with van der Waals surface area (Å²) in [6, 6.07) is 9.12. The topological polar surface area (TPSA) is 83.5 Å². The van der Waals surface area contributed by atoms with E-state index in [2.05, 4.69) is 5.32 Å². The zero-order valence-corrected chi connectivity index (χ0v) is 10.1. The Morgan fingerprint density at radius 3 is 2.42 bits per heavy atom. The van der Waals surface area contributed by atoms with Gasteiger partial charge in [0.2, 0.25) is 0 Å². The minimum Gasteiger partial charge on any atom is -0.481 e. The van der Waals surface area contributed by atoms with Crippen LogP contribution in [0, 0.1) is 0 Å². The molecule has 0 bridgehead atoms. The molecule has 1 heterocycles. The zero-order chi connectivity index (χ0) is 13.8. The van der Waals surface area contributed by atoms with E-state index in [9.17, 15) is 14.4 Å². The number of carbonyl (C=O) groups is 3. The number of hydrogen-bond donors (Lipinski definition) is 2. The van der Waals surface area contributed by atoms with Crippen molar-refractivity contribution in [2.75, 3.05) is 0 Å². The molecule has 5 heteroatoms. The fourth-order valence-electron chi connectivity index (χ4n) is 2.14. The lowest BCUT2D eigenvalue weighted by molar-refractivity contribution is -0.137. The number of carboxylic acid groups (broad SMARTS) is 1. The quantitative estimate of drug-likeness (QED) is 0.779. The highest BCUT2D eigenvalue weighted by Gasteiger charge is 2.29. The van der Waals surface area contributed by atoms with Crippen molar-refractivity contribution in [3.05, 3.63) is 47.5 Å². The fraction of sp³-hybridized carbons (Fsp3) is 0.214. The maximum Gasteiger partial charge on any atom is 0.303 e. The lowest BCUT2D eigenvalue weighted by atomic mass is 9.87. The predicted molar refractivity (Wildman–Crippen MR) is 67.3 cm³/mol. The monoisotopic (exact) mass is 259 g/mol. The highest BCUT2D eigenvalue weighted by Crippen LogP contribution is 2.30. The first-order valence-corrected chi connectivity index (χ1v) is 5.91. The summed E-state index contributed by atoms with van der Waals surface area (Å²) in [7, 11) is 0. The molecule has 0 fully saturated rings. The largest absolute Gasteiger partial charge is 0.481 e. The molecular formula is C14H13NO4. The van der Waals surface area contributed by atoms with Crippen LogP contribution in [0.4, 0.5) is 0 Å². The van der Waals surface area contributed by atoms with Gasteiger partial charge in [0.05, 0.1) is 0 Å². The second-order valence-electron chi connectivity index (χ2n) is 4.31. The van der Waals surface area contributed by atoms with E-state index in [1.165, 1.54) is 6.08 Å². The zero-order valence-electron chi connectivity index (χ0n) is 10.1. The number of nitrogens with one attached hydrogen (secondary N) is 1. The van der Waals surface area contributed by atoms with Gasteiger partial charge in [0, 0.05) is 24.0 Å². The van der Waals surface area contributed by atoms with Gasteiger partial charge in [-0.3, -0.25) is 19.7 Å². The van der Waals surface area contributed by atoms with Crippen molar-refractivity contribution in [1.29, 1.82) is 0 Å². The summed E-state index contributed by atoms with van der Waals surface area (Å²) in [6.07, 6.45) is 1.48. The average molecular weight is 259 g/mol. The summed E-state index contributed by atoms with van der Waals surface area (Å²) < 4.78 is 0. The van der Waals surface area contributed by atoms with Crippen LogP contribution in [0.5, 0.6) is 0 Å². The van der Waals surface area contributed by atoms with Crippen LogP contribution in [-0.4, -0.2) is 22.9 Å². The van der Waals surface area contributed by atoms with Crippen molar-refractivity contribution in [2.45, 2.75) is 18.8 Å². The lowest BCUT2D eigenvalue weighted by Gasteiger charge is -2.16. The number of imide groups is 1. The molecule has 1 aliphatic rings. The molecule has 1 unspecified atom stereocenters. The van der Waals surface area contributed by atoms with Crippen LogP contribution in [0.3, 0.4) is 0 Å². The molecule has 1 aromatic rings. The van der Waals surface area contributed by atoms with Crippen LogP contribution in [0.1, 0.15) is 24.3 Å². The number of rotatable bonds is 5. The van der Waals surface area contributed by atoms with Crippen LogP contribution in [-0.2, 0) is 14.4 Å². The first kappa shape index (κ1) is 13.0. The van der Waals surface area contributed by atoms with E-state index >= 15 is 0 Å². The van der Waals surface area contributed by atoms with Crippen LogP contribution in [0.2, 0.25) is 0 Å². The first-order chi connectivity index (χ1) is 9.08. The molecule has 1 aromatic carbocycles. The molecule has 0 aromatic heterocycles. The normalized spacial score (nSPS) is 15.9. The number of carboxylic acids is 1. The van der Waals surface area contributed by atoms with Crippen LogP contribution in [0.15, 0.2) is 42.0 Å². The van der Waals surface area contributed by atoms with Crippen molar-refractivity contribution in [1.82, 2.24) is 5.32 Å². The van der Waals surface area contributed by atoms with E-state index in [1.54, 1.807) is 0 Å². The second kappa shape index (κ2) is 5.48. The summed E-state index contributed by atoms with van der Waals surface area (Å²) in [5.74, 6) is -2.18. The van der Waals surface area contributed by atoms with Gasteiger partial charge < -0.3 is 5.11 Å². The van der Waals surface area contributed by atoms with Crippen molar-refractivity contribution >= 4 is 17.8 Å². The van der Waals surface area contributed by atoms with E-state index in [-0.39, 0.29) is 18.8 Å². The number of amides is 2. The summed E-state index contributed by atoms with van der Waals surface area (Å²) in [4.78, 5) is 33.6. The highest BCUT2D eigenvalue weighted by atomic mass is 16.4. The third-order valence-corrected chi connectivity index (χ3v) is 3.01. The molecule has 0 saturated carbocycles. The van der Waals surface area contributed by atoms with Gasteiger partial charge >= 0.3 is 5.97 Å². The molecule has 1 aliphatic heterocycles. The van der Waals surface area contributed by atoms with Gasteiger partial charge in [-0.15, -0.1) is 0 Å². The van der Waals surface area contributed by atoms with Gasteiger partial charge in [0.15, 0.2) is 0 Å². The summed E-state index contributed by atoms with van der Waals surface area (Å²) in [5, 5.41) is 11.0. The molecule has 0 saturated heterocycles. The Balaban J connectivity index is 2.29. The van der Waals surface area contributed by atoms with Crippen molar-refractivity contribution in [3.8, 4) is 0 Å². The molecule has 1 atom stereocenters. The van der Waals surface area contributed by atoms with Crippen molar-refractivity contribution in [2.24, 2.45) is 0 Å². The number of aliphatic carboxylic acids is 1. The first-order valence-electron chi connectivity index (χ1n) is 5.91. The maximum absolute atomic E-state index is 11.7. The Hall–Kier alpha value is -2.43. The van der Waals surface area contributed by atoms with E-state index in [0.717, 1.165) is 5.56 Å². The van der Waals surface area contributed by atoms with Gasteiger partial charge in [-0.1, -0.05) is 30.3 Å². The van der Waals surface area contributed by atoms with Crippen LogP contribution in [0.25, 0.3) is 0 Å². The van der Waals surface area contributed by atoms with Crippen LogP contribution >= 0.6 is 0 Å². The summed E-state index contributed by atoms with van der Waals surface area (Å²) in [6.45, 7) is 0. The van der Waals surface area contributed by atoms with Gasteiger partial charge in [0.25, 0.3) is 11.8 Å². The molecule has 0 spiro atoms. The maximum atomic E-state index is 11.7. The van der Waals surface area contributed by atoms with Gasteiger partial charge in [-0.2, -0.15) is 0 Å². The van der Waals surface area contributed by atoms with E-state index in [4.69, 9.17) is 5.11 Å². The molecule has 5 nitrogen and oxygen atoms in total. The third-order valence-electron chi connectivity index (χ3n) is 3.01. The van der Waals surface area contributed by atoms with Gasteiger partial charge in [-0.05, 0) is 12.0 Å². The van der Waals surface area contributed by atoms with E-state index in [0.29, 0.717) is 5.57 Å². The molecule has 2 rings (SSSR count). The average Bonchev–Trinajstić information content (AvgIpc) is 2.70. The minimum atomic E-state index is -0.925. The minimum absolute atomic E-state index is 0.0572.